The van der Waals surface area contributed by atoms with E-state index < -0.39 is 5.60 Å². The van der Waals surface area contributed by atoms with Crippen LogP contribution in [0.4, 0.5) is 0 Å². The van der Waals surface area contributed by atoms with Gasteiger partial charge in [-0.15, -0.1) is 0 Å². The van der Waals surface area contributed by atoms with E-state index >= 15 is 0 Å². The number of halogens is 1. The fourth-order valence-corrected chi connectivity index (χ4v) is 1.74. The number of benzene rings is 1. The Morgan fingerprint density at radius 3 is 2.43 bits per heavy atom. The summed E-state index contributed by atoms with van der Waals surface area (Å²) in [6, 6.07) is 7.69. The summed E-state index contributed by atoms with van der Waals surface area (Å²) in [6.07, 6.45) is 2.23. The third-order valence-corrected chi connectivity index (χ3v) is 2.97. The highest BCUT2D eigenvalue weighted by molar-refractivity contribution is 6.30. The molecule has 0 aliphatic heterocycles. The normalized spacial score (nSPS) is 11.7. The molecule has 0 amide bonds. The van der Waals surface area contributed by atoms with E-state index in [0.717, 1.165) is 23.4 Å². The van der Waals surface area contributed by atoms with Crippen molar-refractivity contribution in [1.82, 2.24) is 0 Å². The predicted octanol–water partition coefficient (Wildman–Crippen LogP) is 3.43. The van der Waals surface area contributed by atoms with Crippen molar-refractivity contribution in [2.75, 3.05) is 0 Å². The molecule has 0 spiro atoms. The van der Waals surface area contributed by atoms with Crippen molar-refractivity contribution in [3.05, 3.63) is 34.9 Å². The Morgan fingerprint density at radius 1 is 1.29 bits per heavy atom. The van der Waals surface area contributed by atoms with Gasteiger partial charge in [-0.3, -0.25) is 0 Å². The molecule has 1 N–H and O–H groups in total. The first-order chi connectivity index (χ1) is 6.59. The molecule has 1 aromatic carbocycles. The van der Waals surface area contributed by atoms with Crippen LogP contribution in [-0.4, -0.2) is 10.7 Å². The van der Waals surface area contributed by atoms with E-state index in [-0.39, 0.29) is 0 Å². The fourth-order valence-electron chi connectivity index (χ4n) is 1.53. The topological polar surface area (TPSA) is 20.2 Å². The lowest BCUT2D eigenvalue weighted by Crippen LogP contribution is -2.29. The van der Waals surface area contributed by atoms with Crippen LogP contribution in [0.2, 0.25) is 5.02 Å². The maximum atomic E-state index is 10.1. The van der Waals surface area contributed by atoms with Crippen molar-refractivity contribution < 1.29 is 5.11 Å². The van der Waals surface area contributed by atoms with E-state index in [1.54, 1.807) is 0 Å². The van der Waals surface area contributed by atoms with Gasteiger partial charge in [0.15, 0.2) is 0 Å². The van der Waals surface area contributed by atoms with Gasteiger partial charge in [0, 0.05) is 11.4 Å². The maximum Gasteiger partial charge on any atom is 0.0682 e. The van der Waals surface area contributed by atoms with Crippen LogP contribution in [0.15, 0.2) is 24.3 Å². The lowest BCUT2D eigenvalue weighted by molar-refractivity contribution is 0.0326. The molecule has 0 aromatic heterocycles. The Hall–Kier alpha value is -0.530. The fraction of sp³-hybridized carbons (Fsp3) is 0.500. The molecule has 78 valence electrons. The Bertz CT molecular complexity index is 292. The standard InChI is InChI=1S/C12H17ClO/c1-3-12(14,4-2)9-10-6-5-7-11(13)8-10/h5-8,14H,3-4,9H2,1-2H3. The Balaban J connectivity index is 2.77. The van der Waals surface area contributed by atoms with Crippen molar-refractivity contribution in [2.45, 2.75) is 38.7 Å². The molecule has 0 unspecified atom stereocenters. The molecule has 0 saturated heterocycles. The molecule has 1 rings (SSSR count). The highest BCUT2D eigenvalue weighted by atomic mass is 35.5. The van der Waals surface area contributed by atoms with E-state index in [1.165, 1.54) is 0 Å². The van der Waals surface area contributed by atoms with Crippen molar-refractivity contribution in [2.24, 2.45) is 0 Å². The summed E-state index contributed by atoms with van der Waals surface area (Å²) in [4.78, 5) is 0. The van der Waals surface area contributed by atoms with Gasteiger partial charge in [0.2, 0.25) is 0 Å². The zero-order valence-electron chi connectivity index (χ0n) is 8.76. The van der Waals surface area contributed by atoms with Crippen LogP contribution >= 0.6 is 11.6 Å². The van der Waals surface area contributed by atoms with E-state index in [4.69, 9.17) is 11.6 Å². The van der Waals surface area contributed by atoms with E-state index in [2.05, 4.69) is 0 Å². The number of hydrogen-bond donors (Lipinski definition) is 1. The average Bonchev–Trinajstić information content (AvgIpc) is 2.18. The zero-order chi connectivity index (χ0) is 10.6. The van der Waals surface area contributed by atoms with Gasteiger partial charge in [0.1, 0.15) is 0 Å². The van der Waals surface area contributed by atoms with Crippen LogP contribution in [0.25, 0.3) is 0 Å². The third-order valence-electron chi connectivity index (χ3n) is 2.74. The van der Waals surface area contributed by atoms with Crippen molar-refractivity contribution in [3.63, 3.8) is 0 Å². The molecule has 0 fully saturated rings. The SMILES string of the molecule is CCC(O)(CC)Cc1cccc(Cl)c1. The quantitative estimate of drug-likeness (QED) is 0.811. The summed E-state index contributed by atoms with van der Waals surface area (Å²) in [5.41, 5.74) is 0.522. The predicted molar refractivity (Wildman–Crippen MR) is 60.7 cm³/mol. The third kappa shape index (κ3) is 3.00. The first-order valence-electron chi connectivity index (χ1n) is 5.06. The van der Waals surface area contributed by atoms with E-state index in [0.29, 0.717) is 6.42 Å². The van der Waals surface area contributed by atoms with Gasteiger partial charge >= 0.3 is 0 Å². The molecule has 14 heavy (non-hydrogen) atoms. The van der Waals surface area contributed by atoms with Gasteiger partial charge in [-0.1, -0.05) is 37.6 Å². The Kier molecular flexibility index (Phi) is 3.97. The highest BCUT2D eigenvalue weighted by Crippen LogP contribution is 2.22. The molecule has 2 heteroatoms. The molecule has 0 radical (unpaired) electrons. The molecule has 0 bridgehead atoms. The maximum absolute atomic E-state index is 10.1. The van der Waals surface area contributed by atoms with Crippen LogP contribution in [0.1, 0.15) is 32.3 Å². The van der Waals surface area contributed by atoms with Crippen LogP contribution < -0.4 is 0 Å². The van der Waals surface area contributed by atoms with Crippen LogP contribution in [0.3, 0.4) is 0 Å². The van der Waals surface area contributed by atoms with Gasteiger partial charge < -0.3 is 5.11 Å². The second-order valence-electron chi connectivity index (χ2n) is 3.74. The van der Waals surface area contributed by atoms with Crippen LogP contribution in [0, 0.1) is 0 Å². The zero-order valence-corrected chi connectivity index (χ0v) is 9.51. The lowest BCUT2D eigenvalue weighted by Gasteiger charge is -2.25. The average molecular weight is 213 g/mol. The number of aliphatic hydroxyl groups is 1. The van der Waals surface area contributed by atoms with Crippen LogP contribution in [-0.2, 0) is 6.42 Å². The lowest BCUT2D eigenvalue weighted by atomic mass is 9.90. The number of hydrogen-bond acceptors (Lipinski definition) is 1. The van der Waals surface area contributed by atoms with Crippen molar-refractivity contribution in [3.8, 4) is 0 Å². The van der Waals surface area contributed by atoms with Crippen molar-refractivity contribution >= 4 is 11.6 Å². The molecular weight excluding hydrogens is 196 g/mol. The highest BCUT2D eigenvalue weighted by Gasteiger charge is 2.22. The molecule has 0 saturated carbocycles. The minimum atomic E-state index is -0.579. The van der Waals surface area contributed by atoms with E-state index in [9.17, 15) is 5.11 Å². The Morgan fingerprint density at radius 2 is 1.93 bits per heavy atom. The smallest absolute Gasteiger partial charge is 0.0682 e. The summed E-state index contributed by atoms with van der Waals surface area (Å²) in [5, 5.41) is 10.9. The van der Waals surface area contributed by atoms with Crippen molar-refractivity contribution in [1.29, 1.82) is 0 Å². The second kappa shape index (κ2) is 4.81. The Labute approximate surface area is 90.7 Å². The summed E-state index contributed by atoms with van der Waals surface area (Å²) in [6.45, 7) is 4.02. The minimum Gasteiger partial charge on any atom is -0.390 e. The summed E-state index contributed by atoms with van der Waals surface area (Å²) in [7, 11) is 0. The summed E-state index contributed by atoms with van der Waals surface area (Å²) in [5.74, 6) is 0. The summed E-state index contributed by atoms with van der Waals surface area (Å²) < 4.78 is 0. The summed E-state index contributed by atoms with van der Waals surface area (Å²) >= 11 is 5.88. The van der Waals surface area contributed by atoms with Gasteiger partial charge in [0.05, 0.1) is 5.60 Å². The van der Waals surface area contributed by atoms with Gasteiger partial charge in [0.25, 0.3) is 0 Å². The van der Waals surface area contributed by atoms with E-state index in [1.807, 2.05) is 38.1 Å². The van der Waals surface area contributed by atoms with Gasteiger partial charge in [-0.2, -0.15) is 0 Å². The molecule has 1 nitrogen and oxygen atoms in total. The molecule has 0 atom stereocenters. The first kappa shape index (κ1) is 11.5. The molecule has 0 aliphatic rings. The first-order valence-corrected chi connectivity index (χ1v) is 5.44. The van der Waals surface area contributed by atoms with Gasteiger partial charge in [-0.25, -0.2) is 0 Å². The van der Waals surface area contributed by atoms with Crippen LogP contribution in [0.5, 0.6) is 0 Å². The number of rotatable bonds is 4. The largest absolute Gasteiger partial charge is 0.390 e. The molecule has 0 aliphatic carbocycles. The second-order valence-corrected chi connectivity index (χ2v) is 4.17. The van der Waals surface area contributed by atoms with Gasteiger partial charge in [-0.05, 0) is 30.5 Å². The minimum absolute atomic E-state index is 0.579. The molecule has 0 heterocycles. The molecular formula is C12H17ClO. The monoisotopic (exact) mass is 212 g/mol. The molecule has 1 aromatic rings.